The van der Waals surface area contributed by atoms with E-state index in [4.69, 9.17) is 10.4 Å². The number of nitrogens with zero attached hydrogens (tertiary/aromatic N) is 2. The Morgan fingerprint density at radius 3 is 3.05 bits per heavy atom. The maximum Gasteiger partial charge on any atom is 0.308 e. The van der Waals surface area contributed by atoms with Crippen molar-refractivity contribution in [3.8, 4) is 6.07 Å². The number of carboxylic acids is 1. The molecule has 1 aliphatic heterocycles. The molecule has 1 aliphatic rings. The molecule has 0 radical (unpaired) electrons. The number of fused-ring (bicyclic) bond motifs is 1. The minimum atomic E-state index is -0.774. The number of carboxylic acid groups (broad SMARTS) is 1. The highest BCUT2D eigenvalue weighted by atomic mass is 32.1. The Balaban J connectivity index is 1.70. The lowest BCUT2D eigenvalue weighted by molar-refractivity contribution is -0.136. The second-order valence-corrected chi connectivity index (χ2v) is 6.73. The normalized spacial score (nSPS) is 14.3. The van der Waals surface area contributed by atoms with Crippen LogP contribution in [0.1, 0.15) is 26.4 Å². The van der Waals surface area contributed by atoms with Crippen molar-refractivity contribution in [2.45, 2.75) is 25.9 Å². The molecule has 2 heterocycles. The maximum absolute atomic E-state index is 10.8. The highest BCUT2D eigenvalue weighted by molar-refractivity contribution is 7.12. The second-order valence-electron chi connectivity index (χ2n) is 5.50. The van der Waals surface area contributed by atoms with Crippen molar-refractivity contribution in [3.05, 3.63) is 56.8 Å². The van der Waals surface area contributed by atoms with E-state index in [-0.39, 0.29) is 6.42 Å². The van der Waals surface area contributed by atoms with Crippen LogP contribution in [0.5, 0.6) is 0 Å². The lowest BCUT2D eigenvalue weighted by Gasteiger charge is -2.26. The predicted octanol–water partition coefficient (Wildman–Crippen LogP) is 2.81. The largest absolute Gasteiger partial charge is 0.481 e. The summed E-state index contributed by atoms with van der Waals surface area (Å²) in [6.07, 6.45) is 1.08. The van der Waals surface area contributed by atoms with Crippen LogP contribution in [0.3, 0.4) is 0 Å². The molecule has 5 heteroatoms. The Morgan fingerprint density at radius 2 is 2.27 bits per heavy atom. The Labute approximate surface area is 133 Å². The minimum Gasteiger partial charge on any atom is -0.481 e. The van der Waals surface area contributed by atoms with E-state index in [9.17, 15) is 4.79 Å². The first kappa shape index (κ1) is 14.8. The van der Waals surface area contributed by atoms with E-state index in [0.717, 1.165) is 36.5 Å². The Kier molecular flexibility index (Phi) is 4.23. The molecule has 1 aromatic heterocycles. The smallest absolute Gasteiger partial charge is 0.308 e. The monoisotopic (exact) mass is 312 g/mol. The van der Waals surface area contributed by atoms with Crippen molar-refractivity contribution < 1.29 is 9.90 Å². The minimum absolute atomic E-state index is 0.113. The van der Waals surface area contributed by atoms with Gasteiger partial charge < -0.3 is 5.11 Å². The van der Waals surface area contributed by atoms with Gasteiger partial charge in [-0.15, -0.1) is 11.3 Å². The summed E-state index contributed by atoms with van der Waals surface area (Å²) in [5.74, 6) is -0.774. The number of rotatable bonds is 4. The van der Waals surface area contributed by atoms with Crippen LogP contribution < -0.4 is 0 Å². The third-order valence-electron chi connectivity index (χ3n) is 3.78. The molecule has 0 atom stereocenters. The molecular formula is C17H16N2O2S. The first-order valence-electron chi connectivity index (χ1n) is 7.17. The average Bonchev–Trinajstić information content (AvgIpc) is 2.88. The Bertz CT molecular complexity index is 745. The van der Waals surface area contributed by atoms with Crippen LogP contribution in [-0.4, -0.2) is 22.5 Å². The summed E-state index contributed by atoms with van der Waals surface area (Å²) in [6.45, 7) is 2.64. The van der Waals surface area contributed by atoms with Gasteiger partial charge in [-0.2, -0.15) is 5.26 Å². The lowest BCUT2D eigenvalue weighted by atomic mass is 10.1. The molecule has 0 unspecified atom stereocenters. The van der Waals surface area contributed by atoms with Gasteiger partial charge >= 0.3 is 5.97 Å². The molecule has 0 saturated heterocycles. The topological polar surface area (TPSA) is 64.3 Å². The molecule has 0 saturated carbocycles. The van der Waals surface area contributed by atoms with Crippen LogP contribution in [-0.2, 0) is 30.7 Å². The molecule has 112 valence electrons. The summed E-state index contributed by atoms with van der Waals surface area (Å²) < 4.78 is 0. The van der Waals surface area contributed by atoms with Crippen molar-refractivity contribution in [1.82, 2.24) is 4.90 Å². The standard InChI is InChI=1S/C17H16N2O2S/c18-9-12-2-1-3-13(6-12)10-19-5-4-16-14(11-19)7-15(22-16)8-17(20)21/h1-3,6-7H,4-5,8,10-11H2,(H,20,21). The van der Waals surface area contributed by atoms with Gasteiger partial charge in [-0.05, 0) is 35.7 Å². The van der Waals surface area contributed by atoms with E-state index >= 15 is 0 Å². The number of thiophene rings is 1. The second kappa shape index (κ2) is 6.30. The van der Waals surface area contributed by atoms with Gasteiger partial charge in [-0.3, -0.25) is 9.69 Å². The van der Waals surface area contributed by atoms with E-state index in [1.165, 1.54) is 10.4 Å². The van der Waals surface area contributed by atoms with Crippen molar-refractivity contribution in [1.29, 1.82) is 5.26 Å². The van der Waals surface area contributed by atoms with Gasteiger partial charge in [0.1, 0.15) is 0 Å². The number of hydrogen-bond acceptors (Lipinski definition) is 4. The number of carbonyl (C=O) groups is 1. The zero-order chi connectivity index (χ0) is 15.5. The molecule has 0 bridgehead atoms. The molecule has 0 amide bonds. The van der Waals surface area contributed by atoms with E-state index in [1.54, 1.807) is 11.3 Å². The summed E-state index contributed by atoms with van der Waals surface area (Å²) in [7, 11) is 0. The molecule has 1 N–H and O–H groups in total. The van der Waals surface area contributed by atoms with Crippen LogP contribution in [0.25, 0.3) is 0 Å². The van der Waals surface area contributed by atoms with Crippen molar-refractivity contribution in [3.63, 3.8) is 0 Å². The lowest BCUT2D eigenvalue weighted by Crippen LogP contribution is -2.29. The molecule has 3 rings (SSSR count). The van der Waals surface area contributed by atoms with Gasteiger partial charge in [0.25, 0.3) is 0 Å². The van der Waals surface area contributed by atoms with Gasteiger partial charge in [0.15, 0.2) is 0 Å². The van der Waals surface area contributed by atoms with E-state index < -0.39 is 5.97 Å². The fraction of sp³-hybridized carbons (Fsp3) is 0.294. The SMILES string of the molecule is N#Cc1cccc(CN2CCc3sc(CC(=O)O)cc3C2)c1. The van der Waals surface area contributed by atoms with Crippen LogP contribution in [0.15, 0.2) is 30.3 Å². The highest BCUT2D eigenvalue weighted by Crippen LogP contribution is 2.29. The van der Waals surface area contributed by atoms with Crippen molar-refractivity contribution in [2.24, 2.45) is 0 Å². The third-order valence-corrected chi connectivity index (χ3v) is 5.02. The molecule has 4 nitrogen and oxygen atoms in total. The first-order valence-corrected chi connectivity index (χ1v) is 7.99. The summed E-state index contributed by atoms with van der Waals surface area (Å²) in [6, 6.07) is 11.9. The molecule has 22 heavy (non-hydrogen) atoms. The third kappa shape index (κ3) is 3.35. The molecule has 0 spiro atoms. The van der Waals surface area contributed by atoms with Crippen molar-refractivity contribution in [2.75, 3.05) is 6.54 Å². The van der Waals surface area contributed by atoms with Gasteiger partial charge in [0.2, 0.25) is 0 Å². The summed E-state index contributed by atoms with van der Waals surface area (Å²) in [5.41, 5.74) is 3.09. The van der Waals surface area contributed by atoms with Crippen LogP contribution in [0.2, 0.25) is 0 Å². The first-order chi connectivity index (χ1) is 10.6. The van der Waals surface area contributed by atoms with Crippen LogP contribution in [0.4, 0.5) is 0 Å². The zero-order valence-electron chi connectivity index (χ0n) is 12.1. The molecular weight excluding hydrogens is 296 g/mol. The molecule has 0 fully saturated rings. The van der Waals surface area contributed by atoms with Crippen LogP contribution in [0, 0.1) is 11.3 Å². The van der Waals surface area contributed by atoms with Crippen LogP contribution >= 0.6 is 11.3 Å². The fourth-order valence-corrected chi connectivity index (χ4v) is 3.98. The summed E-state index contributed by atoms with van der Waals surface area (Å²) in [5, 5.41) is 17.9. The van der Waals surface area contributed by atoms with E-state index in [2.05, 4.69) is 11.0 Å². The van der Waals surface area contributed by atoms with Gasteiger partial charge in [0, 0.05) is 29.4 Å². The van der Waals surface area contributed by atoms with Gasteiger partial charge in [-0.25, -0.2) is 0 Å². The number of nitriles is 1. The van der Waals surface area contributed by atoms with E-state index in [0.29, 0.717) is 5.56 Å². The van der Waals surface area contributed by atoms with Crippen molar-refractivity contribution >= 4 is 17.3 Å². The number of hydrogen-bond donors (Lipinski definition) is 1. The molecule has 1 aromatic carbocycles. The predicted molar refractivity (Wildman–Crippen MR) is 84.6 cm³/mol. The van der Waals surface area contributed by atoms with E-state index in [1.807, 2.05) is 30.3 Å². The maximum atomic E-state index is 10.8. The zero-order valence-corrected chi connectivity index (χ0v) is 12.9. The molecule has 2 aromatic rings. The average molecular weight is 312 g/mol. The Morgan fingerprint density at radius 1 is 1.41 bits per heavy atom. The van der Waals surface area contributed by atoms with Gasteiger partial charge in [-0.1, -0.05) is 12.1 Å². The highest BCUT2D eigenvalue weighted by Gasteiger charge is 2.20. The van der Waals surface area contributed by atoms with Gasteiger partial charge in [0.05, 0.1) is 18.1 Å². The quantitative estimate of drug-likeness (QED) is 0.943. The summed E-state index contributed by atoms with van der Waals surface area (Å²) in [4.78, 5) is 15.4. The Hall–Kier alpha value is -2.16. The molecule has 0 aliphatic carbocycles. The number of benzene rings is 1. The summed E-state index contributed by atoms with van der Waals surface area (Å²) >= 11 is 1.63. The fourth-order valence-electron chi connectivity index (χ4n) is 2.82. The number of aliphatic carboxylic acids is 1.